The van der Waals surface area contributed by atoms with Crippen LogP contribution in [-0.4, -0.2) is 28.3 Å². The van der Waals surface area contributed by atoms with Crippen molar-refractivity contribution in [3.05, 3.63) is 100.0 Å². The lowest BCUT2D eigenvalue weighted by Gasteiger charge is -2.14. The molecule has 0 aliphatic heterocycles. The quantitative estimate of drug-likeness (QED) is 0.598. The van der Waals surface area contributed by atoms with Gasteiger partial charge in [0, 0.05) is 18.5 Å². The topological polar surface area (TPSA) is 97.6 Å². The molecule has 7 heteroatoms. The summed E-state index contributed by atoms with van der Waals surface area (Å²) < 4.78 is 6.28. The summed E-state index contributed by atoms with van der Waals surface area (Å²) in [5.74, 6) is -1.14. The zero-order valence-corrected chi connectivity index (χ0v) is 16.3. The van der Waals surface area contributed by atoms with E-state index in [9.17, 15) is 19.5 Å². The van der Waals surface area contributed by atoms with Gasteiger partial charge in [-0.1, -0.05) is 60.7 Å². The van der Waals surface area contributed by atoms with Gasteiger partial charge >= 0.3 is 12.1 Å². The minimum absolute atomic E-state index is 0.0298. The van der Waals surface area contributed by atoms with Gasteiger partial charge in [-0.05, 0) is 23.3 Å². The first-order valence-corrected chi connectivity index (χ1v) is 9.49. The average molecular weight is 406 g/mol. The molecule has 0 aliphatic carbocycles. The third-order valence-electron chi connectivity index (χ3n) is 4.49. The van der Waals surface area contributed by atoms with Gasteiger partial charge in [0.25, 0.3) is 5.56 Å². The van der Waals surface area contributed by atoms with E-state index < -0.39 is 24.2 Å². The first-order valence-electron chi connectivity index (χ1n) is 9.49. The van der Waals surface area contributed by atoms with E-state index in [-0.39, 0.29) is 12.3 Å². The van der Waals surface area contributed by atoms with Crippen LogP contribution >= 0.6 is 0 Å². The van der Waals surface area contributed by atoms with Crippen LogP contribution in [-0.2, 0) is 28.9 Å². The van der Waals surface area contributed by atoms with Gasteiger partial charge in [0.05, 0.1) is 6.61 Å². The normalized spacial score (nSPS) is 10.4. The summed E-state index contributed by atoms with van der Waals surface area (Å²) in [5, 5.41) is 11.6. The minimum Gasteiger partial charge on any atom is -0.480 e. The molecule has 0 fully saturated rings. The van der Waals surface area contributed by atoms with E-state index in [2.05, 4.69) is 5.32 Å². The molecule has 0 spiro atoms. The van der Waals surface area contributed by atoms with Crippen molar-refractivity contribution in [2.45, 2.75) is 19.4 Å². The molecule has 30 heavy (non-hydrogen) atoms. The molecule has 0 saturated carbocycles. The van der Waals surface area contributed by atoms with Crippen LogP contribution in [0.4, 0.5) is 10.5 Å². The SMILES string of the molecule is O=C(O)Cn1c(Cc2ccccc2)ccc(NC(=O)OCCc2ccccc2)c1=O. The monoisotopic (exact) mass is 406 g/mol. The summed E-state index contributed by atoms with van der Waals surface area (Å²) in [7, 11) is 0. The molecule has 0 saturated heterocycles. The number of pyridine rings is 1. The largest absolute Gasteiger partial charge is 0.480 e. The van der Waals surface area contributed by atoms with E-state index in [4.69, 9.17) is 4.74 Å². The number of carbonyl (C=O) groups is 2. The van der Waals surface area contributed by atoms with Crippen LogP contribution in [0.5, 0.6) is 0 Å². The van der Waals surface area contributed by atoms with Crippen LogP contribution in [0.3, 0.4) is 0 Å². The number of rotatable bonds is 8. The number of aliphatic carboxylic acids is 1. The Morgan fingerprint density at radius 2 is 1.53 bits per heavy atom. The minimum atomic E-state index is -1.14. The zero-order chi connectivity index (χ0) is 21.3. The van der Waals surface area contributed by atoms with Crippen LogP contribution < -0.4 is 10.9 Å². The number of ether oxygens (including phenoxy) is 1. The van der Waals surface area contributed by atoms with Gasteiger partial charge in [0.15, 0.2) is 0 Å². The van der Waals surface area contributed by atoms with Gasteiger partial charge in [-0.15, -0.1) is 0 Å². The van der Waals surface area contributed by atoms with E-state index in [0.29, 0.717) is 18.5 Å². The predicted octanol–water partition coefficient (Wildman–Crippen LogP) is 3.31. The van der Waals surface area contributed by atoms with Crippen molar-refractivity contribution in [3.8, 4) is 0 Å². The van der Waals surface area contributed by atoms with Gasteiger partial charge in [-0.25, -0.2) is 4.79 Å². The molecule has 2 N–H and O–H groups in total. The van der Waals surface area contributed by atoms with Crippen LogP contribution in [0, 0.1) is 0 Å². The molecule has 3 aromatic rings. The Hall–Kier alpha value is -3.87. The van der Waals surface area contributed by atoms with Gasteiger partial charge in [0.2, 0.25) is 0 Å². The molecule has 3 rings (SSSR count). The van der Waals surface area contributed by atoms with Crippen LogP contribution in [0.15, 0.2) is 77.6 Å². The first-order chi connectivity index (χ1) is 14.5. The lowest BCUT2D eigenvalue weighted by molar-refractivity contribution is -0.137. The molecule has 7 nitrogen and oxygen atoms in total. The summed E-state index contributed by atoms with van der Waals surface area (Å²) >= 11 is 0. The molecule has 154 valence electrons. The van der Waals surface area contributed by atoms with Gasteiger partial charge < -0.3 is 9.84 Å². The lowest BCUT2D eigenvalue weighted by Crippen LogP contribution is -2.30. The zero-order valence-electron chi connectivity index (χ0n) is 16.3. The predicted molar refractivity (Wildman–Crippen MR) is 113 cm³/mol. The van der Waals surface area contributed by atoms with Crippen molar-refractivity contribution >= 4 is 17.7 Å². The number of amides is 1. The van der Waals surface area contributed by atoms with Gasteiger partial charge in [-0.2, -0.15) is 0 Å². The molecule has 1 amide bonds. The number of carboxylic acids is 1. The maximum Gasteiger partial charge on any atom is 0.411 e. The number of anilines is 1. The Labute approximate surface area is 173 Å². The second-order valence-electron chi connectivity index (χ2n) is 6.68. The summed E-state index contributed by atoms with van der Waals surface area (Å²) in [6.07, 6.45) is 0.180. The number of carboxylic acid groups (broad SMARTS) is 1. The van der Waals surface area contributed by atoms with E-state index in [1.54, 1.807) is 6.07 Å². The maximum absolute atomic E-state index is 12.8. The Morgan fingerprint density at radius 3 is 2.17 bits per heavy atom. The van der Waals surface area contributed by atoms with Crippen molar-refractivity contribution in [2.75, 3.05) is 11.9 Å². The first kappa shape index (κ1) is 20.9. The second-order valence-corrected chi connectivity index (χ2v) is 6.68. The molecule has 0 radical (unpaired) electrons. The Kier molecular flexibility index (Phi) is 7.00. The number of hydrogen-bond acceptors (Lipinski definition) is 4. The van der Waals surface area contributed by atoms with E-state index >= 15 is 0 Å². The molecule has 2 aromatic carbocycles. The molecule has 0 bridgehead atoms. The summed E-state index contributed by atoms with van der Waals surface area (Å²) in [4.78, 5) is 36.1. The summed E-state index contributed by atoms with van der Waals surface area (Å²) in [6, 6.07) is 22.1. The third-order valence-corrected chi connectivity index (χ3v) is 4.49. The molecular formula is C23H22N2O5. The number of aromatic nitrogens is 1. The molecule has 0 atom stereocenters. The van der Waals surface area contributed by atoms with E-state index in [1.165, 1.54) is 6.07 Å². The number of benzene rings is 2. The highest BCUT2D eigenvalue weighted by molar-refractivity contribution is 5.84. The fraction of sp³-hybridized carbons (Fsp3) is 0.174. The number of carbonyl (C=O) groups excluding carboxylic acids is 1. The molecule has 1 aromatic heterocycles. The Balaban J connectivity index is 1.70. The van der Waals surface area contributed by atoms with E-state index in [1.807, 2.05) is 60.7 Å². The molecular weight excluding hydrogens is 384 g/mol. The van der Waals surface area contributed by atoms with Crippen LogP contribution in [0.2, 0.25) is 0 Å². The molecule has 0 unspecified atom stereocenters. The third kappa shape index (κ3) is 5.81. The molecule has 1 heterocycles. The van der Waals surface area contributed by atoms with Crippen molar-refractivity contribution < 1.29 is 19.4 Å². The number of nitrogens with one attached hydrogen (secondary N) is 1. The summed E-state index contributed by atoms with van der Waals surface area (Å²) in [6.45, 7) is -0.342. The highest BCUT2D eigenvalue weighted by Gasteiger charge is 2.14. The second kappa shape index (κ2) is 10.1. The van der Waals surface area contributed by atoms with Crippen molar-refractivity contribution in [1.82, 2.24) is 4.57 Å². The highest BCUT2D eigenvalue weighted by atomic mass is 16.5. The molecule has 0 aliphatic rings. The fourth-order valence-corrected chi connectivity index (χ4v) is 3.03. The Morgan fingerprint density at radius 1 is 0.900 bits per heavy atom. The van der Waals surface area contributed by atoms with Gasteiger partial charge in [-0.3, -0.25) is 19.5 Å². The average Bonchev–Trinajstić information content (AvgIpc) is 2.74. The number of hydrogen-bond donors (Lipinski definition) is 2. The highest BCUT2D eigenvalue weighted by Crippen LogP contribution is 2.11. The summed E-state index contributed by atoms with van der Waals surface area (Å²) in [5.41, 5.74) is 1.89. The standard InChI is InChI=1S/C23H22N2O5/c26-21(27)16-25-19(15-18-9-5-2-6-10-18)11-12-20(22(25)28)24-23(29)30-14-13-17-7-3-1-4-8-17/h1-12H,13-16H2,(H,24,29)(H,26,27). The van der Waals surface area contributed by atoms with Crippen molar-refractivity contribution in [3.63, 3.8) is 0 Å². The Bertz CT molecular complexity index is 1060. The smallest absolute Gasteiger partial charge is 0.411 e. The fourth-order valence-electron chi connectivity index (χ4n) is 3.03. The number of nitrogens with zero attached hydrogens (tertiary/aromatic N) is 1. The maximum atomic E-state index is 12.8. The van der Waals surface area contributed by atoms with Gasteiger partial charge in [0.1, 0.15) is 12.2 Å². The van der Waals surface area contributed by atoms with Crippen LogP contribution in [0.25, 0.3) is 0 Å². The van der Waals surface area contributed by atoms with Crippen molar-refractivity contribution in [1.29, 1.82) is 0 Å². The van der Waals surface area contributed by atoms with Crippen molar-refractivity contribution in [2.24, 2.45) is 0 Å². The van der Waals surface area contributed by atoms with E-state index in [0.717, 1.165) is 15.7 Å². The van der Waals surface area contributed by atoms with Crippen LogP contribution in [0.1, 0.15) is 16.8 Å². The lowest BCUT2D eigenvalue weighted by atomic mass is 10.1.